The molecule has 1 aromatic heterocycles. The normalized spacial score (nSPS) is 30.7. The predicted octanol–water partition coefficient (Wildman–Crippen LogP) is 2.12. The van der Waals surface area contributed by atoms with E-state index in [2.05, 4.69) is 21.1 Å². The minimum absolute atomic E-state index is 0.673. The minimum atomic E-state index is 0.673. The van der Waals surface area contributed by atoms with Crippen LogP contribution < -0.4 is 5.32 Å². The molecule has 1 aromatic rings. The zero-order valence-electron chi connectivity index (χ0n) is 10.4. The van der Waals surface area contributed by atoms with Gasteiger partial charge in [0.05, 0.1) is 0 Å². The lowest BCUT2D eigenvalue weighted by atomic mass is 9.54. The van der Waals surface area contributed by atoms with E-state index >= 15 is 0 Å². The van der Waals surface area contributed by atoms with Crippen molar-refractivity contribution in [3.05, 3.63) is 18.2 Å². The molecule has 0 radical (unpaired) electrons. The molecule has 1 spiro atoms. The monoisotopic (exact) mass is 231 g/mol. The summed E-state index contributed by atoms with van der Waals surface area (Å²) in [5, 5.41) is 3.86. The molecule has 1 atom stereocenters. The summed E-state index contributed by atoms with van der Waals surface area (Å²) in [4.78, 5) is 4.44. The molecular formula is C14H21N3. The summed E-state index contributed by atoms with van der Waals surface area (Å²) in [6, 6.07) is 1.48. The van der Waals surface area contributed by atoms with Gasteiger partial charge in [-0.3, -0.25) is 0 Å². The Hall–Kier alpha value is -0.830. The average molecular weight is 231 g/mol. The van der Waals surface area contributed by atoms with Gasteiger partial charge >= 0.3 is 0 Å². The number of aromatic nitrogens is 2. The van der Waals surface area contributed by atoms with Gasteiger partial charge in [-0.25, -0.2) is 4.98 Å². The topological polar surface area (TPSA) is 29.9 Å². The summed E-state index contributed by atoms with van der Waals surface area (Å²) in [6.45, 7) is 1.14. The number of nitrogens with one attached hydrogen (secondary N) is 1. The molecule has 3 heteroatoms. The number of rotatable bonds is 2. The van der Waals surface area contributed by atoms with E-state index in [4.69, 9.17) is 0 Å². The van der Waals surface area contributed by atoms with Crippen LogP contribution in [0.3, 0.4) is 0 Å². The summed E-state index contributed by atoms with van der Waals surface area (Å²) in [7, 11) is 0. The van der Waals surface area contributed by atoms with Crippen LogP contribution in [0.5, 0.6) is 0 Å². The Morgan fingerprint density at radius 3 is 2.94 bits per heavy atom. The zero-order chi connectivity index (χ0) is 11.3. The van der Waals surface area contributed by atoms with E-state index in [1.165, 1.54) is 44.3 Å². The molecule has 0 bridgehead atoms. The van der Waals surface area contributed by atoms with Crippen LogP contribution in [-0.2, 0) is 13.0 Å². The fraction of sp³-hybridized carbons (Fsp3) is 0.786. The molecule has 0 saturated heterocycles. The van der Waals surface area contributed by atoms with Gasteiger partial charge in [-0.1, -0.05) is 6.42 Å². The summed E-state index contributed by atoms with van der Waals surface area (Å²) in [5.74, 6) is 1.27. The fourth-order valence-electron chi connectivity index (χ4n) is 4.02. The molecule has 2 aliphatic carbocycles. The van der Waals surface area contributed by atoms with E-state index in [9.17, 15) is 0 Å². The first-order chi connectivity index (χ1) is 8.33. The van der Waals surface area contributed by atoms with Crippen molar-refractivity contribution in [3.8, 4) is 0 Å². The van der Waals surface area contributed by atoms with Crippen molar-refractivity contribution < 1.29 is 0 Å². The number of fused-ring (bicyclic) bond motifs is 1. The molecule has 4 rings (SSSR count). The van der Waals surface area contributed by atoms with E-state index in [-0.39, 0.29) is 0 Å². The van der Waals surface area contributed by atoms with Crippen LogP contribution in [0.15, 0.2) is 12.4 Å². The Balaban J connectivity index is 1.33. The Labute approximate surface area is 103 Å². The van der Waals surface area contributed by atoms with Crippen LogP contribution >= 0.6 is 0 Å². The Bertz CT molecular complexity index is 411. The smallest absolute Gasteiger partial charge is 0.110 e. The van der Waals surface area contributed by atoms with Gasteiger partial charge in [0.25, 0.3) is 0 Å². The maximum Gasteiger partial charge on any atom is 0.110 e. The van der Waals surface area contributed by atoms with Crippen LogP contribution in [0.4, 0.5) is 0 Å². The second-order valence-corrected chi connectivity index (χ2v) is 6.35. The third-order valence-electron chi connectivity index (χ3n) is 5.19. The Kier molecular flexibility index (Phi) is 2.13. The standard InChI is InChI=1S/C14H21N3/c1-3-14(4-1)9-12(10-14)16-11-2-6-17-7-5-15-13(17)8-11/h5,7,11-12,16H,1-4,6,8-10H2. The van der Waals surface area contributed by atoms with Crippen LogP contribution in [0.25, 0.3) is 0 Å². The lowest BCUT2D eigenvalue weighted by Gasteiger charge is -2.55. The molecule has 1 N–H and O–H groups in total. The first-order valence-corrected chi connectivity index (χ1v) is 7.09. The van der Waals surface area contributed by atoms with Crippen molar-refractivity contribution in [2.75, 3.05) is 0 Å². The molecule has 2 heterocycles. The Morgan fingerprint density at radius 1 is 1.29 bits per heavy atom. The van der Waals surface area contributed by atoms with Crippen molar-refractivity contribution in [2.24, 2.45) is 5.41 Å². The lowest BCUT2D eigenvalue weighted by Crippen LogP contribution is -2.55. The zero-order valence-corrected chi connectivity index (χ0v) is 10.4. The molecule has 92 valence electrons. The van der Waals surface area contributed by atoms with Crippen LogP contribution in [0, 0.1) is 5.41 Å². The van der Waals surface area contributed by atoms with Gasteiger partial charge in [0, 0.05) is 37.4 Å². The Morgan fingerprint density at radius 2 is 2.18 bits per heavy atom. The maximum atomic E-state index is 4.44. The van der Waals surface area contributed by atoms with Crippen molar-refractivity contribution in [3.63, 3.8) is 0 Å². The highest BCUT2D eigenvalue weighted by Gasteiger charge is 2.48. The SMILES string of the molecule is c1cn2c(n1)CC(NC1CC3(CCC3)C1)CC2. The average Bonchev–Trinajstić information content (AvgIpc) is 2.67. The second kappa shape index (κ2) is 3.58. The van der Waals surface area contributed by atoms with Crippen molar-refractivity contribution >= 4 is 0 Å². The van der Waals surface area contributed by atoms with E-state index < -0.39 is 0 Å². The fourth-order valence-corrected chi connectivity index (χ4v) is 4.02. The highest BCUT2D eigenvalue weighted by molar-refractivity contribution is 5.05. The van der Waals surface area contributed by atoms with Gasteiger partial charge in [-0.05, 0) is 37.5 Å². The van der Waals surface area contributed by atoms with Crippen molar-refractivity contribution in [1.82, 2.24) is 14.9 Å². The molecule has 0 aromatic carbocycles. The van der Waals surface area contributed by atoms with Gasteiger partial charge in [-0.2, -0.15) is 0 Å². The van der Waals surface area contributed by atoms with Crippen LogP contribution in [0.2, 0.25) is 0 Å². The molecule has 3 nitrogen and oxygen atoms in total. The first-order valence-electron chi connectivity index (χ1n) is 7.09. The number of hydrogen-bond donors (Lipinski definition) is 1. The van der Waals surface area contributed by atoms with Gasteiger partial charge in [-0.15, -0.1) is 0 Å². The second-order valence-electron chi connectivity index (χ2n) is 6.35. The molecule has 2 saturated carbocycles. The summed E-state index contributed by atoms with van der Waals surface area (Å²) in [5.41, 5.74) is 0.796. The van der Waals surface area contributed by atoms with Gasteiger partial charge in [0.2, 0.25) is 0 Å². The van der Waals surface area contributed by atoms with E-state index in [0.717, 1.165) is 24.4 Å². The molecule has 1 unspecified atom stereocenters. The minimum Gasteiger partial charge on any atom is -0.335 e. The third-order valence-corrected chi connectivity index (χ3v) is 5.19. The van der Waals surface area contributed by atoms with Gasteiger partial charge < -0.3 is 9.88 Å². The molecule has 2 fully saturated rings. The molecule has 3 aliphatic rings. The highest BCUT2D eigenvalue weighted by Crippen LogP contribution is 2.55. The lowest BCUT2D eigenvalue weighted by molar-refractivity contribution is -0.00722. The van der Waals surface area contributed by atoms with E-state index in [1.807, 2.05) is 6.20 Å². The highest BCUT2D eigenvalue weighted by atomic mass is 15.1. The number of hydrogen-bond acceptors (Lipinski definition) is 2. The molecule has 0 amide bonds. The maximum absolute atomic E-state index is 4.44. The van der Waals surface area contributed by atoms with Crippen LogP contribution in [-0.4, -0.2) is 21.6 Å². The molecule has 1 aliphatic heterocycles. The van der Waals surface area contributed by atoms with Crippen molar-refractivity contribution in [1.29, 1.82) is 0 Å². The van der Waals surface area contributed by atoms with E-state index in [0.29, 0.717) is 6.04 Å². The number of nitrogens with zero attached hydrogens (tertiary/aromatic N) is 2. The van der Waals surface area contributed by atoms with Crippen LogP contribution in [0.1, 0.15) is 44.3 Å². The first kappa shape index (κ1) is 10.1. The largest absolute Gasteiger partial charge is 0.335 e. The van der Waals surface area contributed by atoms with Gasteiger partial charge in [0.1, 0.15) is 5.82 Å². The van der Waals surface area contributed by atoms with E-state index in [1.54, 1.807) is 0 Å². The number of imidazole rings is 1. The quantitative estimate of drug-likeness (QED) is 0.845. The van der Waals surface area contributed by atoms with Crippen molar-refractivity contribution in [2.45, 2.75) is 63.6 Å². The summed E-state index contributed by atoms with van der Waals surface area (Å²) >= 11 is 0. The predicted molar refractivity (Wildman–Crippen MR) is 66.8 cm³/mol. The molecule has 17 heavy (non-hydrogen) atoms. The molecular weight excluding hydrogens is 210 g/mol. The summed E-state index contributed by atoms with van der Waals surface area (Å²) in [6.07, 6.45) is 13.8. The summed E-state index contributed by atoms with van der Waals surface area (Å²) < 4.78 is 2.30. The van der Waals surface area contributed by atoms with Gasteiger partial charge in [0.15, 0.2) is 0 Å². The third kappa shape index (κ3) is 1.63. The number of aryl methyl sites for hydroxylation is 1.